The summed E-state index contributed by atoms with van der Waals surface area (Å²) in [7, 11) is 0. The quantitative estimate of drug-likeness (QED) is 0.458. The van der Waals surface area contributed by atoms with Crippen molar-refractivity contribution >= 4 is 11.8 Å². The minimum absolute atomic E-state index is 0.0530. The lowest BCUT2D eigenvalue weighted by Crippen LogP contribution is -2.31. The Morgan fingerprint density at radius 3 is 1.95 bits per heavy atom. The summed E-state index contributed by atoms with van der Waals surface area (Å²) in [6, 6.07) is -0.668. The molecule has 2 amide bonds. The summed E-state index contributed by atoms with van der Waals surface area (Å²) in [5.74, 6) is -0.649. The minimum atomic E-state index is -0.668. The van der Waals surface area contributed by atoms with Crippen LogP contribution in [0.3, 0.4) is 0 Å². The number of imide groups is 1. The third-order valence-electron chi connectivity index (χ3n) is 3.97. The van der Waals surface area contributed by atoms with Gasteiger partial charge in [-0.25, -0.2) is 0 Å². The molecule has 1 heterocycles. The molecule has 1 aliphatic rings. The van der Waals surface area contributed by atoms with E-state index in [4.69, 9.17) is 0 Å². The number of carbonyl (C=O) groups excluding carboxylic acids is 2. The SMILES string of the molecule is O=C1CCCCCCCCCCC([N+](=O)[O-])CCC(=O)N1. The number of rotatable bonds is 1. The average Bonchev–Trinajstić information content (AvgIpc) is 2.42. The van der Waals surface area contributed by atoms with Crippen molar-refractivity contribution < 1.29 is 14.5 Å². The molecule has 0 aliphatic carbocycles. The fourth-order valence-corrected chi connectivity index (χ4v) is 2.66. The number of hydrogen-bond donors (Lipinski definition) is 1. The molecular weight excluding hydrogens is 272 g/mol. The lowest BCUT2D eigenvalue weighted by molar-refractivity contribution is -0.524. The van der Waals surface area contributed by atoms with Gasteiger partial charge in [0.1, 0.15) is 0 Å². The highest BCUT2D eigenvalue weighted by atomic mass is 16.6. The van der Waals surface area contributed by atoms with E-state index >= 15 is 0 Å². The molecule has 0 bridgehead atoms. The Bertz CT molecular complexity index is 358. The molecule has 1 atom stereocenters. The van der Waals surface area contributed by atoms with Crippen molar-refractivity contribution in [2.45, 2.75) is 83.1 Å². The van der Waals surface area contributed by atoms with Crippen LogP contribution >= 0.6 is 0 Å². The number of hydrogen-bond acceptors (Lipinski definition) is 4. The Hall–Kier alpha value is -1.46. The van der Waals surface area contributed by atoms with Crippen molar-refractivity contribution in [3.8, 4) is 0 Å². The highest BCUT2D eigenvalue weighted by Crippen LogP contribution is 2.15. The molecule has 0 radical (unpaired) electrons. The molecule has 6 heteroatoms. The maximum atomic E-state index is 11.6. The lowest BCUT2D eigenvalue weighted by Gasteiger charge is -2.10. The monoisotopic (exact) mass is 298 g/mol. The van der Waals surface area contributed by atoms with E-state index < -0.39 is 6.04 Å². The van der Waals surface area contributed by atoms with Crippen LogP contribution in [0.2, 0.25) is 0 Å². The third kappa shape index (κ3) is 8.42. The normalized spacial score (nSPS) is 24.3. The molecule has 0 aromatic carbocycles. The van der Waals surface area contributed by atoms with Gasteiger partial charge in [-0.05, 0) is 12.8 Å². The second-order valence-corrected chi connectivity index (χ2v) is 5.82. The summed E-state index contributed by atoms with van der Waals surface area (Å²) in [6.45, 7) is 0. The van der Waals surface area contributed by atoms with Gasteiger partial charge in [0, 0.05) is 30.6 Å². The van der Waals surface area contributed by atoms with E-state index in [2.05, 4.69) is 5.32 Å². The van der Waals surface area contributed by atoms with Gasteiger partial charge >= 0.3 is 0 Å². The molecule has 0 aromatic rings. The first-order valence-corrected chi connectivity index (χ1v) is 8.06. The van der Waals surface area contributed by atoms with E-state index in [1.807, 2.05) is 0 Å². The summed E-state index contributed by atoms with van der Waals surface area (Å²) in [6.07, 6.45) is 9.38. The Morgan fingerprint density at radius 2 is 1.33 bits per heavy atom. The number of amides is 2. The molecule has 1 fully saturated rings. The van der Waals surface area contributed by atoms with Crippen LogP contribution < -0.4 is 5.32 Å². The largest absolute Gasteiger partial charge is 0.296 e. The number of carbonyl (C=O) groups is 2. The summed E-state index contributed by atoms with van der Waals surface area (Å²) in [5.41, 5.74) is 0. The molecule has 1 aliphatic heterocycles. The minimum Gasteiger partial charge on any atom is -0.296 e. The molecule has 1 N–H and O–H groups in total. The third-order valence-corrected chi connectivity index (χ3v) is 3.97. The van der Waals surface area contributed by atoms with Crippen LogP contribution in [0.4, 0.5) is 0 Å². The van der Waals surface area contributed by atoms with Crippen molar-refractivity contribution in [3.05, 3.63) is 10.1 Å². The van der Waals surface area contributed by atoms with Gasteiger partial charge in [-0.15, -0.1) is 0 Å². The van der Waals surface area contributed by atoms with Crippen LogP contribution in [-0.2, 0) is 9.59 Å². The summed E-state index contributed by atoms with van der Waals surface area (Å²) in [4.78, 5) is 33.8. The van der Waals surface area contributed by atoms with Crippen LogP contribution in [0.15, 0.2) is 0 Å². The second-order valence-electron chi connectivity index (χ2n) is 5.82. The molecule has 0 aromatic heterocycles. The fraction of sp³-hybridized carbons (Fsp3) is 0.867. The van der Waals surface area contributed by atoms with Crippen LogP contribution in [0.25, 0.3) is 0 Å². The molecule has 1 unspecified atom stereocenters. The predicted octanol–water partition coefficient (Wildman–Crippen LogP) is 2.97. The van der Waals surface area contributed by atoms with Gasteiger partial charge in [0.15, 0.2) is 0 Å². The van der Waals surface area contributed by atoms with E-state index in [0.717, 1.165) is 51.4 Å². The summed E-state index contributed by atoms with van der Waals surface area (Å²) < 4.78 is 0. The van der Waals surface area contributed by atoms with E-state index in [9.17, 15) is 19.7 Å². The van der Waals surface area contributed by atoms with E-state index in [-0.39, 0.29) is 29.6 Å². The smallest absolute Gasteiger partial charge is 0.226 e. The number of nitrogens with zero attached hydrogens (tertiary/aromatic N) is 1. The zero-order valence-corrected chi connectivity index (χ0v) is 12.6. The van der Waals surface area contributed by atoms with Gasteiger partial charge < -0.3 is 0 Å². The molecular formula is C15H26N2O4. The first-order valence-electron chi connectivity index (χ1n) is 8.06. The molecule has 120 valence electrons. The molecule has 0 spiro atoms. The van der Waals surface area contributed by atoms with Crippen molar-refractivity contribution in [2.75, 3.05) is 0 Å². The Morgan fingerprint density at radius 1 is 0.810 bits per heavy atom. The van der Waals surface area contributed by atoms with Crippen LogP contribution in [-0.4, -0.2) is 22.8 Å². The van der Waals surface area contributed by atoms with Crippen molar-refractivity contribution in [1.82, 2.24) is 5.32 Å². The maximum Gasteiger partial charge on any atom is 0.226 e. The highest BCUT2D eigenvalue weighted by molar-refractivity contribution is 5.95. The molecule has 1 rings (SSSR count). The number of nitrogens with one attached hydrogen (secondary N) is 1. The lowest BCUT2D eigenvalue weighted by atomic mass is 10.0. The topological polar surface area (TPSA) is 89.3 Å². The predicted molar refractivity (Wildman–Crippen MR) is 79.3 cm³/mol. The van der Waals surface area contributed by atoms with Gasteiger partial charge in [-0.2, -0.15) is 0 Å². The van der Waals surface area contributed by atoms with Crippen molar-refractivity contribution in [3.63, 3.8) is 0 Å². The van der Waals surface area contributed by atoms with E-state index in [0.29, 0.717) is 12.8 Å². The summed E-state index contributed by atoms with van der Waals surface area (Å²) in [5, 5.41) is 13.3. The molecule has 6 nitrogen and oxygen atoms in total. The van der Waals surface area contributed by atoms with Crippen LogP contribution in [0, 0.1) is 10.1 Å². The van der Waals surface area contributed by atoms with Gasteiger partial charge in [-0.1, -0.05) is 38.5 Å². The van der Waals surface area contributed by atoms with E-state index in [1.54, 1.807) is 0 Å². The Balaban J connectivity index is 2.47. The Labute approximate surface area is 125 Å². The average molecular weight is 298 g/mol. The second kappa shape index (κ2) is 10.3. The van der Waals surface area contributed by atoms with Gasteiger partial charge in [0.05, 0.1) is 0 Å². The first kappa shape index (κ1) is 17.6. The van der Waals surface area contributed by atoms with Gasteiger partial charge in [0.25, 0.3) is 0 Å². The van der Waals surface area contributed by atoms with Crippen LogP contribution in [0.5, 0.6) is 0 Å². The van der Waals surface area contributed by atoms with E-state index in [1.165, 1.54) is 0 Å². The molecule has 21 heavy (non-hydrogen) atoms. The molecule has 1 saturated heterocycles. The zero-order chi connectivity index (χ0) is 15.5. The standard InChI is InChI=1S/C15H26N2O4/c18-14-10-8-6-4-2-1-3-5-7-9-13(17(20)21)11-12-15(19)16-14/h13H,1-12H2,(H,16,18,19). The Kier molecular flexibility index (Phi) is 8.62. The van der Waals surface area contributed by atoms with Crippen LogP contribution in [0.1, 0.15) is 77.0 Å². The maximum absolute atomic E-state index is 11.6. The molecule has 0 saturated carbocycles. The fourth-order valence-electron chi connectivity index (χ4n) is 2.66. The van der Waals surface area contributed by atoms with Gasteiger partial charge in [-0.3, -0.25) is 25.0 Å². The van der Waals surface area contributed by atoms with Crippen molar-refractivity contribution in [1.29, 1.82) is 0 Å². The summed E-state index contributed by atoms with van der Waals surface area (Å²) >= 11 is 0. The first-order chi connectivity index (χ1) is 10.1. The number of nitro groups is 1. The van der Waals surface area contributed by atoms with Gasteiger partial charge in [0.2, 0.25) is 17.9 Å². The van der Waals surface area contributed by atoms with Crippen molar-refractivity contribution in [2.24, 2.45) is 0 Å². The highest BCUT2D eigenvalue weighted by Gasteiger charge is 2.21. The zero-order valence-electron chi connectivity index (χ0n) is 12.6.